The molecule has 0 saturated heterocycles. The quantitative estimate of drug-likeness (QED) is 0.437. The van der Waals surface area contributed by atoms with Crippen molar-refractivity contribution in [3.05, 3.63) is 0 Å². The van der Waals surface area contributed by atoms with Gasteiger partial charge in [-0.2, -0.15) is 0 Å². The van der Waals surface area contributed by atoms with Crippen LogP contribution in [0.5, 0.6) is 0 Å². The lowest BCUT2D eigenvalue weighted by atomic mass is 9.87. The van der Waals surface area contributed by atoms with Crippen molar-refractivity contribution in [1.82, 2.24) is 10.6 Å². The number of amides is 2. The third kappa shape index (κ3) is 4.03. The normalized spacial score (nSPS) is 30.6. The highest BCUT2D eigenvalue weighted by molar-refractivity contribution is 5.65. The van der Waals surface area contributed by atoms with Crippen molar-refractivity contribution in [2.24, 2.45) is 5.73 Å². The molecule has 0 aliphatic heterocycles. The van der Waals surface area contributed by atoms with Gasteiger partial charge < -0.3 is 26.6 Å². The number of rotatable bonds is 2. The molecule has 0 aromatic carbocycles. The van der Waals surface area contributed by atoms with Gasteiger partial charge in [-0.3, -0.25) is 0 Å². The number of nitrogens with two attached hydrogens (primary N) is 1. The summed E-state index contributed by atoms with van der Waals surface area (Å²) in [6.45, 7) is 0. The van der Waals surface area contributed by atoms with Gasteiger partial charge >= 0.3 is 12.2 Å². The monoisotopic (exact) mass is 217 g/mol. The van der Waals surface area contributed by atoms with Crippen molar-refractivity contribution < 1.29 is 19.8 Å². The zero-order chi connectivity index (χ0) is 11.4. The second kappa shape index (κ2) is 4.83. The molecule has 86 valence electrons. The first-order valence-corrected chi connectivity index (χ1v) is 4.72. The molecule has 0 spiro atoms. The second-order valence-corrected chi connectivity index (χ2v) is 3.76. The van der Waals surface area contributed by atoms with E-state index in [0.717, 1.165) is 0 Å². The Labute approximate surface area is 86.6 Å². The molecule has 1 saturated carbocycles. The molecule has 0 heterocycles. The molecule has 2 amide bonds. The average molecular weight is 217 g/mol. The lowest BCUT2D eigenvalue weighted by Crippen LogP contribution is -2.51. The van der Waals surface area contributed by atoms with E-state index < -0.39 is 12.2 Å². The molecule has 2 unspecified atom stereocenters. The molecule has 1 aliphatic rings. The van der Waals surface area contributed by atoms with Gasteiger partial charge in [-0.1, -0.05) is 0 Å². The molecular weight excluding hydrogens is 202 g/mol. The summed E-state index contributed by atoms with van der Waals surface area (Å²) in [6.07, 6.45) is -0.674. The maximum atomic E-state index is 10.4. The second-order valence-electron chi connectivity index (χ2n) is 3.76. The van der Waals surface area contributed by atoms with E-state index in [1.54, 1.807) is 0 Å². The van der Waals surface area contributed by atoms with Gasteiger partial charge in [-0.05, 0) is 19.3 Å². The fourth-order valence-electron chi connectivity index (χ4n) is 1.95. The van der Waals surface area contributed by atoms with Gasteiger partial charge in [-0.25, -0.2) is 9.59 Å². The van der Waals surface area contributed by atoms with E-state index in [1.165, 1.54) is 0 Å². The van der Waals surface area contributed by atoms with Crippen molar-refractivity contribution in [1.29, 1.82) is 0 Å². The summed E-state index contributed by atoms with van der Waals surface area (Å²) in [5.74, 6) is 0. The van der Waals surface area contributed by atoms with Crippen LogP contribution in [0.3, 0.4) is 0 Å². The van der Waals surface area contributed by atoms with Gasteiger partial charge in [0, 0.05) is 18.1 Å². The van der Waals surface area contributed by atoms with E-state index in [-0.39, 0.29) is 18.1 Å². The van der Waals surface area contributed by atoms with Crippen LogP contribution in [0.15, 0.2) is 0 Å². The van der Waals surface area contributed by atoms with Crippen LogP contribution in [-0.4, -0.2) is 40.5 Å². The van der Waals surface area contributed by atoms with Crippen molar-refractivity contribution in [2.75, 3.05) is 0 Å². The predicted molar refractivity (Wildman–Crippen MR) is 51.7 cm³/mol. The molecule has 0 radical (unpaired) electrons. The molecule has 15 heavy (non-hydrogen) atoms. The smallest absolute Gasteiger partial charge is 0.404 e. The third-order valence-electron chi connectivity index (χ3n) is 2.40. The highest BCUT2D eigenvalue weighted by Gasteiger charge is 2.28. The maximum absolute atomic E-state index is 10.4. The molecule has 0 bridgehead atoms. The SMILES string of the molecule is NC1CC(NC(=O)O)CC(NC(=O)O)C1. The molecule has 6 N–H and O–H groups in total. The fourth-order valence-corrected chi connectivity index (χ4v) is 1.95. The van der Waals surface area contributed by atoms with Crippen molar-refractivity contribution >= 4 is 12.2 Å². The van der Waals surface area contributed by atoms with E-state index in [2.05, 4.69) is 10.6 Å². The van der Waals surface area contributed by atoms with Gasteiger partial charge in [0.15, 0.2) is 0 Å². The summed E-state index contributed by atoms with van der Waals surface area (Å²) < 4.78 is 0. The highest BCUT2D eigenvalue weighted by Crippen LogP contribution is 2.17. The van der Waals surface area contributed by atoms with Gasteiger partial charge in [0.1, 0.15) is 0 Å². The first kappa shape index (κ1) is 11.6. The summed E-state index contributed by atoms with van der Waals surface area (Å²) >= 11 is 0. The van der Waals surface area contributed by atoms with Crippen molar-refractivity contribution in [3.63, 3.8) is 0 Å². The molecule has 0 aromatic heterocycles. The summed E-state index contributed by atoms with van der Waals surface area (Å²) in [7, 11) is 0. The minimum Gasteiger partial charge on any atom is -0.465 e. The Bertz CT molecular complexity index is 234. The number of hydrogen-bond acceptors (Lipinski definition) is 3. The van der Waals surface area contributed by atoms with Crippen LogP contribution < -0.4 is 16.4 Å². The van der Waals surface area contributed by atoms with Gasteiger partial charge in [0.2, 0.25) is 0 Å². The lowest BCUT2D eigenvalue weighted by molar-refractivity contribution is 0.173. The summed E-state index contributed by atoms with van der Waals surface area (Å²) in [6, 6.07) is -0.723. The van der Waals surface area contributed by atoms with Crippen LogP contribution in [0.1, 0.15) is 19.3 Å². The minimum absolute atomic E-state index is 0.174. The van der Waals surface area contributed by atoms with E-state index >= 15 is 0 Å². The fraction of sp³-hybridized carbons (Fsp3) is 0.750. The van der Waals surface area contributed by atoms with Crippen LogP contribution in [-0.2, 0) is 0 Å². The summed E-state index contributed by atoms with van der Waals surface area (Å²) in [5.41, 5.74) is 5.70. The number of hydrogen-bond donors (Lipinski definition) is 5. The standard InChI is InChI=1S/C8H15N3O4/c9-4-1-5(10-7(12)13)3-6(2-4)11-8(14)15/h4-6,10-11H,1-3,9H2,(H,12,13)(H,14,15). The lowest BCUT2D eigenvalue weighted by Gasteiger charge is -2.32. The zero-order valence-corrected chi connectivity index (χ0v) is 8.14. The summed E-state index contributed by atoms with van der Waals surface area (Å²) in [5, 5.41) is 21.7. The Morgan fingerprint density at radius 3 is 1.73 bits per heavy atom. The number of nitrogens with one attached hydrogen (secondary N) is 2. The first-order valence-electron chi connectivity index (χ1n) is 4.72. The first-order chi connectivity index (χ1) is 6.97. The van der Waals surface area contributed by atoms with E-state index in [4.69, 9.17) is 15.9 Å². The van der Waals surface area contributed by atoms with E-state index in [1.807, 2.05) is 0 Å². The highest BCUT2D eigenvalue weighted by atomic mass is 16.4. The van der Waals surface area contributed by atoms with Crippen LogP contribution in [0.2, 0.25) is 0 Å². The van der Waals surface area contributed by atoms with Gasteiger partial charge in [-0.15, -0.1) is 0 Å². The van der Waals surface area contributed by atoms with Crippen LogP contribution >= 0.6 is 0 Å². The molecule has 0 aromatic rings. The largest absolute Gasteiger partial charge is 0.465 e. The Morgan fingerprint density at radius 1 is 1.00 bits per heavy atom. The number of carboxylic acid groups (broad SMARTS) is 2. The number of carbonyl (C=O) groups is 2. The van der Waals surface area contributed by atoms with Gasteiger partial charge in [0.05, 0.1) is 0 Å². The zero-order valence-electron chi connectivity index (χ0n) is 8.14. The molecule has 7 heteroatoms. The van der Waals surface area contributed by atoms with E-state index in [0.29, 0.717) is 19.3 Å². The van der Waals surface area contributed by atoms with Gasteiger partial charge in [0.25, 0.3) is 0 Å². The molecule has 1 rings (SSSR count). The Balaban J connectivity index is 2.47. The molecule has 7 nitrogen and oxygen atoms in total. The maximum Gasteiger partial charge on any atom is 0.404 e. The molecule has 1 fully saturated rings. The Morgan fingerprint density at radius 2 is 1.40 bits per heavy atom. The minimum atomic E-state index is -1.11. The predicted octanol–water partition coefficient (Wildman–Crippen LogP) is -0.230. The topological polar surface area (TPSA) is 125 Å². The molecule has 2 atom stereocenters. The third-order valence-corrected chi connectivity index (χ3v) is 2.40. The Kier molecular flexibility index (Phi) is 3.73. The van der Waals surface area contributed by atoms with E-state index in [9.17, 15) is 9.59 Å². The van der Waals surface area contributed by atoms with Crippen LogP contribution in [0.4, 0.5) is 9.59 Å². The van der Waals surface area contributed by atoms with Crippen LogP contribution in [0.25, 0.3) is 0 Å². The van der Waals surface area contributed by atoms with Crippen molar-refractivity contribution in [2.45, 2.75) is 37.4 Å². The molecular formula is C8H15N3O4. The van der Waals surface area contributed by atoms with Crippen molar-refractivity contribution in [3.8, 4) is 0 Å². The molecule has 1 aliphatic carbocycles. The summed E-state index contributed by atoms with van der Waals surface area (Å²) in [4.78, 5) is 20.8. The van der Waals surface area contributed by atoms with Crippen LogP contribution in [0, 0.1) is 0 Å². The average Bonchev–Trinajstić information content (AvgIpc) is 1.98. The Hall–Kier alpha value is -1.50.